The van der Waals surface area contributed by atoms with E-state index in [9.17, 15) is 14.4 Å². The van der Waals surface area contributed by atoms with Crippen molar-refractivity contribution in [2.24, 2.45) is 0 Å². The van der Waals surface area contributed by atoms with Crippen LogP contribution in [0.3, 0.4) is 0 Å². The number of carbonyl (C=O) groups is 3. The molecule has 1 aliphatic heterocycles. The molecule has 0 aliphatic carbocycles. The molecule has 2 heterocycles. The summed E-state index contributed by atoms with van der Waals surface area (Å²) in [6.07, 6.45) is 1.61. The topological polar surface area (TPSA) is 79.4 Å². The number of aromatic nitrogens is 1. The van der Waals surface area contributed by atoms with Crippen LogP contribution in [-0.2, 0) is 9.59 Å². The molecule has 1 aliphatic rings. The third-order valence-corrected chi connectivity index (χ3v) is 7.04. The van der Waals surface area contributed by atoms with Crippen molar-refractivity contribution in [2.45, 2.75) is 11.3 Å². The van der Waals surface area contributed by atoms with Crippen LogP contribution in [0.5, 0.6) is 0 Å². The molecule has 0 spiro atoms. The molecule has 28 heavy (non-hydrogen) atoms. The molecular weight excluding hydrogens is 438 g/mol. The number of imide groups is 1. The molecule has 1 saturated heterocycles. The lowest BCUT2D eigenvalue weighted by Crippen LogP contribution is -2.37. The number of amides is 3. The van der Waals surface area contributed by atoms with Crippen molar-refractivity contribution in [1.82, 2.24) is 15.2 Å². The van der Waals surface area contributed by atoms with Crippen LogP contribution in [0.2, 0.25) is 5.02 Å². The van der Waals surface area contributed by atoms with Gasteiger partial charge in [-0.25, -0.2) is 4.98 Å². The summed E-state index contributed by atoms with van der Waals surface area (Å²) in [4.78, 5) is 42.3. The second kappa shape index (κ2) is 9.60. The number of hydrogen-bond acceptors (Lipinski definition) is 7. The third-order valence-electron chi connectivity index (χ3n) is 3.65. The number of nitrogens with zero attached hydrogens (tertiary/aromatic N) is 2. The van der Waals surface area contributed by atoms with E-state index in [4.69, 9.17) is 11.6 Å². The lowest BCUT2D eigenvalue weighted by atomic mass is 10.2. The van der Waals surface area contributed by atoms with Crippen LogP contribution in [0.1, 0.15) is 11.3 Å². The van der Waals surface area contributed by atoms with E-state index in [1.165, 1.54) is 23.1 Å². The van der Waals surface area contributed by atoms with Gasteiger partial charge in [-0.2, -0.15) is 0 Å². The largest absolute Gasteiger partial charge is 0.354 e. The summed E-state index contributed by atoms with van der Waals surface area (Å²) in [6.45, 7) is 2.22. The summed E-state index contributed by atoms with van der Waals surface area (Å²) < 4.78 is 0.836. The summed E-state index contributed by atoms with van der Waals surface area (Å²) in [5.74, 6) is -0.311. The van der Waals surface area contributed by atoms with E-state index in [-0.39, 0.29) is 35.9 Å². The van der Waals surface area contributed by atoms with Gasteiger partial charge in [0.05, 0.1) is 10.7 Å². The Balaban J connectivity index is 1.49. The lowest BCUT2D eigenvalue weighted by Gasteiger charge is -2.12. The predicted octanol–water partition coefficient (Wildman–Crippen LogP) is 4.05. The van der Waals surface area contributed by atoms with Gasteiger partial charge >= 0.3 is 0 Å². The summed E-state index contributed by atoms with van der Waals surface area (Å²) in [5, 5.41) is 4.80. The highest BCUT2D eigenvalue weighted by Gasteiger charge is 2.34. The Morgan fingerprint density at radius 1 is 1.36 bits per heavy atom. The van der Waals surface area contributed by atoms with Gasteiger partial charge in [-0.3, -0.25) is 19.3 Å². The van der Waals surface area contributed by atoms with Gasteiger partial charge in [-0.05, 0) is 36.4 Å². The molecular formula is C18H16ClN3O3S3. The molecule has 1 N–H and O–H groups in total. The Morgan fingerprint density at radius 3 is 2.86 bits per heavy atom. The van der Waals surface area contributed by atoms with Crippen molar-refractivity contribution in [3.63, 3.8) is 0 Å². The van der Waals surface area contributed by atoms with Crippen molar-refractivity contribution in [2.75, 3.05) is 18.8 Å². The highest BCUT2D eigenvalue weighted by Crippen LogP contribution is 2.33. The van der Waals surface area contributed by atoms with Crippen molar-refractivity contribution < 1.29 is 14.4 Å². The van der Waals surface area contributed by atoms with Crippen molar-refractivity contribution >= 4 is 69.6 Å². The summed E-state index contributed by atoms with van der Waals surface area (Å²) in [7, 11) is 0. The van der Waals surface area contributed by atoms with Crippen LogP contribution >= 0.6 is 46.5 Å². The maximum atomic E-state index is 12.5. The van der Waals surface area contributed by atoms with Gasteiger partial charge < -0.3 is 5.32 Å². The first-order chi connectivity index (χ1) is 13.4. The first-order valence-corrected chi connectivity index (χ1v) is 11.3. The van der Waals surface area contributed by atoms with Gasteiger partial charge in [-0.15, -0.1) is 11.3 Å². The average Bonchev–Trinajstić information content (AvgIpc) is 3.19. The molecule has 0 unspecified atom stereocenters. The molecule has 10 heteroatoms. The number of thiazole rings is 1. The van der Waals surface area contributed by atoms with Gasteiger partial charge in [0.1, 0.15) is 0 Å². The Kier molecular flexibility index (Phi) is 7.17. The Morgan fingerprint density at radius 2 is 2.14 bits per heavy atom. The molecule has 3 amide bonds. The second-order valence-electron chi connectivity index (χ2n) is 5.75. The minimum Gasteiger partial charge on any atom is -0.354 e. The van der Waals surface area contributed by atoms with Crippen LogP contribution in [-0.4, -0.2) is 45.8 Å². The molecule has 6 nitrogen and oxygen atoms in total. The zero-order valence-corrected chi connectivity index (χ0v) is 18.0. The van der Waals surface area contributed by atoms with Crippen LogP contribution in [0.25, 0.3) is 6.08 Å². The van der Waals surface area contributed by atoms with E-state index in [1.807, 2.05) is 18.4 Å². The average molecular weight is 454 g/mol. The van der Waals surface area contributed by atoms with E-state index in [0.29, 0.717) is 15.5 Å². The van der Waals surface area contributed by atoms with Crippen LogP contribution < -0.4 is 5.32 Å². The fraction of sp³-hybridized carbons (Fsp3) is 0.222. The molecule has 146 valence electrons. The van der Waals surface area contributed by atoms with Crippen molar-refractivity contribution in [1.29, 1.82) is 0 Å². The highest BCUT2D eigenvalue weighted by molar-refractivity contribution is 8.18. The first kappa shape index (κ1) is 20.9. The molecule has 1 aromatic heterocycles. The van der Waals surface area contributed by atoms with E-state index < -0.39 is 0 Å². The number of rotatable bonds is 7. The number of halogens is 1. The number of benzene rings is 1. The molecule has 1 aromatic carbocycles. The van der Waals surface area contributed by atoms with Crippen LogP contribution in [0.4, 0.5) is 4.79 Å². The van der Waals surface area contributed by atoms with Gasteiger partial charge in [-0.1, -0.05) is 41.6 Å². The normalized spacial score (nSPS) is 15.5. The number of carbonyl (C=O) groups excluding carboxylic acids is 3. The van der Waals surface area contributed by atoms with E-state index in [2.05, 4.69) is 10.3 Å². The first-order valence-electron chi connectivity index (χ1n) is 8.25. The van der Waals surface area contributed by atoms with Crippen LogP contribution in [0.15, 0.2) is 38.9 Å². The zero-order chi connectivity index (χ0) is 20.1. The standard InChI is InChI=1S/C18H16ClN3O3S3/c1-11-9-26-17(21-11)27-10-15(23)20-6-7-22-16(24)14(28-18(22)25)8-12-4-2-3-5-13(12)19/h2-5,8-9H,6-7,10H2,1H3,(H,20,23)/b14-8-. The van der Waals surface area contributed by atoms with E-state index in [0.717, 1.165) is 26.7 Å². The molecule has 0 radical (unpaired) electrons. The second-order valence-corrected chi connectivity index (χ2v) is 9.23. The SMILES string of the molecule is Cc1csc(SCC(=O)NCCN2C(=O)S/C(=C\c3ccccc3Cl)C2=O)n1. The molecule has 3 rings (SSSR count). The summed E-state index contributed by atoms with van der Waals surface area (Å²) in [6, 6.07) is 7.10. The predicted molar refractivity (Wildman–Crippen MR) is 115 cm³/mol. The van der Waals surface area contributed by atoms with Crippen LogP contribution in [0, 0.1) is 6.92 Å². The summed E-state index contributed by atoms with van der Waals surface area (Å²) in [5.41, 5.74) is 1.61. The molecule has 0 saturated carbocycles. The van der Waals surface area contributed by atoms with Gasteiger partial charge in [0, 0.05) is 29.2 Å². The monoisotopic (exact) mass is 453 g/mol. The number of thioether (sulfide) groups is 2. The molecule has 0 atom stereocenters. The molecule has 0 bridgehead atoms. The lowest BCUT2D eigenvalue weighted by molar-refractivity contribution is -0.123. The van der Waals surface area contributed by atoms with E-state index >= 15 is 0 Å². The minimum atomic E-state index is -0.378. The number of aryl methyl sites for hydroxylation is 1. The fourth-order valence-electron chi connectivity index (χ4n) is 2.31. The maximum absolute atomic E-state index is 12.5. The zero-order valence-electron chi connectivity index (χ0n) is 14.8. The van der Waals surface area contributed by atoms with E-state index in [1.54, 1.807) is 24.3 Å². The molecule has 2 aromatic rings. The summed E-state index contributed by atoms with van der Waals surface area (Å²) >= 11 is 9.82. The maximum Gasteiger partial charge on any atom is 0.293 e. The number of hydrogen-bond donors (Lipinski definition) is 1. The van der Waals surface area contributed by atoms with Gasteiger partial charge in [0.15, 0.2) is 4.34 Å². The van der Waals surface area contributed by atoms with Gasteiger partial charge in [0.2, 0.25) is 5.91 Å². The van der Waals surface area contributed by atoms with Crippen molar-refractivity contribution in [3.8, 4) is 0 Å². The minimum absolute atomic E-state index is 0.122. The Bertz CT molecular complexity index is 945. The third kappa shape index (κ3) is 5.38. The van der Waals surface area contributed by atoms with Gasteiger partial charge in [0.25, 0.3) is 11.1 Å². The van der Waals surface area contributed by atoms with Crippen molar-refractivity contribution in [3.05, 3.63) is 50.8 Å². The fourth-order valence-corrected chi connectivity index (χ4v) is 5.04. The Hall–Kier alpha value is -1.81. The molecule has 1 fully saturated rings. The highest BCUT2D eigenvalue weighted by atomic mass is 35.5. The number of nitrogens with one attached hydrogen (secondary N) is 1. The quantitative estimate of drug-likeness (QED) is 0.503. The smallest absolute Gasteiger partial charge is 0.293 e. The Labute approximate surface area is 179 Å².